The van der Waals surface area contributed by atoms with Crippen LogP contribution in [0.2, 0.25) is 0 Å². The van der Waals surface area contributed by atoms with Gasteiger partial charge in [0, 0.05) is 6.26 Å². The van der Waals surface area contributed by atoms with Crippen LogP contribution in [0.15, 0.2) is 30.3 Å². The smallest absolute Gasteiger partial charge is 0.190 e. The van der Waals surface area contributed by atoms with E-state index in [9.17, 15) is 18.5 Å². The molecule has 0 radical (unpaired) electrons. The van der Waals surface area contributed by atoms with Gasteiger partial charge in [-0.3, -0.25) is 0 Å². The number of carbonyl (C=O) groups excluding carboxylic acids is 1. The van der Waals surface area contributed by atoms with Crippen molar-refractivity contribution >= 4 is 27.7 Å². The van der Waals surface area contributed by atoms with E-state index < -0.39 is 25.4 Å². The number of benzene rings is 1. The van der Waals surface area contributed by atoms with Crippen molar-refractivity contribution < 1.29 is 13.2 Å². The largest absolute Gasteiger partial charge is 0.303 e. The highest BCUT2D eigenvalue weighted by atomic mass is 35.5. The minimum atomic E-state index is -3.86. The maximum absolute atomic E-state index is 12.3. The Balaban J connectivity index is 2.66. The van der Waals surface area contributed by atoms with Crippen LogP contribution in [-0.4, -0.2) is 25.7 Å². The van der Waals surface area contributed by atoms with E-state index >= 15 is 0 Å². The third-order valence-corrected chi connectivity index (χ3v) is 6.57. The van der Waals surface area contributed by atoms with E-state index in [2.05, 4.69) is 0 Å². The van der Waals surface area contributed by atoms with E-state index in [0.29, 0.717) is 24.7 Å². The van der Waals surface area contributed by atoms with Gasteiger partial charge in [-0.2, -0.15) is 5.26 Å². The lowest BCUT2D eigenvalue weighted by molar-refractivity contribution is -0.112. The molecule has 1 aliphatic rings. The number of hydrogen-bond acceptors (Lipinski definition) is 4. The van der Waals surface area contributed by atoms with Crippen molar-refractivity contribution in [3.8, 4) is 6.07 Å². The van der Waals surface area contributed by atoms with Gasteiger partial charge < -0.3 is 4.79 Å². The van der Waals surface area contributed by atoms with E-state index in [-0.39, 0.29) is 0 Å². The SMILES string of the molecule is CS(=O)(=O)C(C#N)(C(Cl)c1ccccc1)C1(C=O)CC1. The van der Waals surface area contributed by atoms with Crippen molar-refractivity contribution in [3.05, 3.63) is 35.9 Å². The number of hydrogen-bond donors (Lipinski definition) is 0. The molecule has 0 amide bonds. The molecule has 4 nitrogen and oxygen atoms in total. The maximum atomic E-state index is 12.3. The van der Waals surface area contributed by atoms with Gasteiger partial charge in [-0.15, -0.1) is 11.6 Å². The van der Waals surface area contributed by atoms with Gasteiger partial charge in [0.05, 0.1) is 16.9 Å². The second-order valence-corrected chi connectivity index (χ2v) is 7.79. The number of nitrogens with zero attached hydrogens (tertiary/aromatic N) is 1. The molecular weight excluding hydrogens is 298 g/mol. The lowest BCUT2D eigenvalue weighted by Crippen LogP contribution is -2.49. The second kappa shape index (κ2) is 4.87. The minimum absolute atomic E-state index is 0.368. The first-order valence-electron chi connectivity index (χ1n) is 6.11. The highest BCUT2D eigenvalue weighted by Gasteiger charge is 2.69. The summed E-state index contributed by atoms with van der Waals surface area (Å²) >= 11 is 6.36. The van der Waals surface area contributed by atoms with Gasteiger partial charge in [0.1, 0.15) is 6.29 Å². The molecular formula is C14H14ClNO3S. The molecule has 0 heterocycles. The van der Waals surface area contributed by atoms with Crippen LogP contribution in [0.4, 0.5) is 0 Å². The van der Waals surface area contributed by atoms with Crippen molar-refractivity contribution in [2.45, 2.75) is 23.0 Å². The number of halogens is 1. The van der Waals surface area contributed by atoms with Gasteiger partial charge in [-0.05, 0) is 18.4 Å². The molecule has 0 saturated heterocycles. The summed E-state index contributed by atoms with van der Waals surface area (Å²) < 4.78 is 22.6. The number of carbonyl (C=O) groups is 1. The van der Waals surface area contributed by atoms with Crippen molar-refractivity contribution in [2.75, 3.05) is 6.26 Å². The van der Waals surface area contributed by atoms with Crippen LogP contribution in [0.3, 0.4) is 0 Å². The monoisotopic (exact) mass is 311 g/mol. The fraction of sp³-hybridized carbons (Fsp3) is 0.429. The third-order valence-electron chi connectivity index (χ3n) is 3.95. The van der Waals surface area contributed by atoms with E-state index in [1.54, 1.807) is 30.3 Å². The second-order valence-electron chi connectivity index (χ2n) is 5.17. The molecule has 1 fully saturated rings. The molecule has 1 aliphatic carbocycles. The first-order chi connectivity index (χ1) is 9.34. The summed E-state index contributed by atoms with van der Waals surface area (Å²) in [5.74, 6) is 0. The molecule has 6 heteroatoms. The van der Waals surface area contributed by atoms with Crippen LogP contribution in [0, 0.1) is 16.7 Å². The Bertz CT molecular complexity index is 661. The van der Waals surface area contributed by atoms with Crippen LogP contribution in [0.5, 0.6) is 0 Å². The average molecular weight is 312 g/mol. The number of nitriles is 1. The Hall–Kier alpha value is -1.38. The summed E-state index contributed by atoms with van der Waals surface area (Å²) in [6.07, 6.45) is 2.29. The summed E-state index contributed by atoms with van der Waals surface area (Å²) in [5, 5.41) is 8.49. The minimum Gasteiger partial charge on any atom is -0.303 e. The number of aldehydes is 1. The van der Waals surface area contributed by atoms with Crippen molar-refractivity contribution in [1.29, 1.82) is 5.26 Å². The van der Waals surface area contributed by atoms with E-state index in [1.165, 1.54) is 0 Å². The zero-order chi connectivity index (χ0) is 15.0. The number of alkyl halides is 1. The predicted molar refractivity (Wildman–Crippen MR) is 76.0 cm³/mol. The normalized spacial score (nSPS) is 21.2. The Morgan fingerprint density at radius 2 is 1.95 bits per heavy atom. The molecule has 0 N–H and O–H groups in total. The molecule has 0 aliphatic heterocycles. The molecule has 1 aromatic rings. The fourth-order valence-corrected chi connectivity index (χ4v) is 5.19. The Kier molecular flexibility index (Phi) is 3.66. The first kappa shape index (κ1) is 15.0. The van der Waals surface area contributed by atoms with Crippen LogP contribution >= 0.6 is 11.6 Å². The van der Waals surface area contributed by atoms with Crippen LogP contribution in [0.1, 0.15) is 23.8 Å². The van der Waals surface area contributed by atoms with E-state index in [1.807, 2.05) is 6.07 Å². The topological polar surface area (TPSA) is 75.0 Å². The number of rotatable bonds is 5. The molecule has 20 heavy (non-hydrogen) atoms. The van der Waals surface area contributed by atoms with Gasteiger partial charge in [-0.1, -0.05) is 30.3 Å². The zero-order valence-electron chi connectivity index (χ0n) is 10.9. The summed E-state index contributed by atoms with van der Waals surface area (Å²) in [6, 6.07) is 10.4. The molecule has 2 rings (SSSR count). The molecule has 0 aromatic heterocycles. The van der Waals surface area contributed by atoms with E-state index in [0.717, 1.165) is 6.26 Å². The van der Waals surface area contributed by atoms with Crippen molar-refractivity contribution in [2.24, 2.45) is 5.41 Å². The standard InChI is InChI=1S/C14H14ClNO3S/c1-20(18,19)14(9-16,13(10-17)7-8-13)12(15)11-5-3-2-4-6-11/h2-6,10,12H,7-8H2,1H3. The lowest BCUT2D eigenvalue weighted by atomic mass is 9.84. The third kappa shape index (κ3) is 1.95. The molecule has 1 saturated carbocycles. The zero-order valence-corrected chi connectivity index (χ0v) is 12.5. The molecule has 1 aromatic carbocycles. The lowest BCUT2D eigenvalue weighted by Gasteiger charge is -2.34. The van der Waals surface area contributed by atoms with Gasteiger partial charge in [0.15, 0.2) is 14.6 Å². The van der Waals surface area contributed by atoms with E-state index in [4.69, 9.17) is 11.6 Å². The van der Waals surface area contributed by atoms with Gasteiger partial charge in [0.2, 0.25) is 0 Å². The van der Waals surface area contributed by atoms with Gasteiger partial charge in [0.25, 0.3) is 0 Å². The fourth-order valence-electron chi connectivity index (χ4n) is 2.63. The van der Waals surface area contributed by atoms with Crippen LogP contribution in [0.25, 0.3) is 0 Å². The highest BCUT2D eigenvalue weighted by molar-refractivity contribution is 7.92. The van der Waals surface area contributed by atoms with Crippen molar-refractivity contribution in [3.63, 3.8) is 0 Å². The molecule has 0 bridgehead atoms. The summed E-state index contributed by atoms with van der Waals surface area (Å²) in [7, 11) is -3.86. The Morgan fingerprint density at radius 3 is 2.30 bits per heavy atom. The molecule has 2 unspecified atom stereocenters. The van der Waals surface area contributed by atoms with Gasteiger partial charge in [-0.25, -0.2) is 8.42 Å². The van der Waals surface area contributed by atoms with Gasteiger partial charge >= 0.3 is 0 Å². The van der Waals surface area contributed by atoms with Crippen molar-refractivity contribution in [1.82, 2.24) is 0 Å². The average Bonchev–Trinajstić information content (AvgIpc) is 3.20. The number of sulfone groups is 1. The summed E-state index contributed by atoms with van der Waals surface area (Å²) in [4.78, 5) is 11.4. The van der Waals surface area contributed by atoms with Crippen LogP contribution in [-0.2, 0) is 14.6 Å². The molecule has 2 atom stereocenters. The first-order valence-corrected chi connectivity index (χ1v) is 8.43. The molecule has 0 spiro atoms. The quantitative estimate of drug-likeness (QED) is 0.617. The Morgan fingerprint density at radius 1 is 1.40 bits per heavy atom. The predicted octanol–water partition coefficient (Wildman–Crippen LogP) is 2.25. The maximum Gasteiger partial charge on any atom is 0.190 e. The summed E-state index contributed by atoms with van der Waals surface area (Å²) in [5.41, 5.74) is -0.674. The Labute approximate surface area is 123 Å². The van der Waals surface area contributed by atoms with Crippen LogP contribution < -0.4 is 0 Å². The highest BCUT2D eigenvalue weighted by Crippen LogP contribution is 2.61. The summed E-state index contributed by atoms with van der Waals surface area (Å²) in [6.45, 7) is 0. The molecule has 106 valence electrons.